The second-order valence-electron chi connectivity index (χ2n) is 7.82. The van der Waals surface area contributed by atoms with E-state index in [1.54, 1.807) is 13.4 Å². The molecule has 0 saturated carbocycles. The van der Waals surface area contributed by atoms with Gasteiger partial charge in [-0.3, -0.25) is 4.90 Å². The van der Waals surface area contributed by atoms with Gasteiger partial charge in [0.25, 0.3) is 0 Å². The Hall–Kier alpha value is -3.07. The zero-order valence-electron chi connectivity index (χ0n) is 18.0. The summed E-state index contributed by atoms with van der Waals surface area (Å²) in [7, 11) is 3.76. The summed E-state index contributed by atoms with van der Waals surface area (Å²) in [5.74, 6) is 1.87. The lowest BCUT2D eigenvalue weighted by Crippen LogP contribution is -2.45. The van der Waals surface area contributed by atoms with Crippen LogP contribution in [0.3, 0.4) is 0 Å². The van der Waals surface area contributed by atoms with Crippen molar-refractivity contribution in [2.45, 2.75) is 0 Å². The van der Waals surface area contributed by atoms with Crippen LogP contribution >= 0.6 is 11.6 Å². The highest BCUT2D eigenvalue weighted by Gasteiger charge is 2.17. The molecule has 0 aliphatic carbocycles. The summed E-state index contributed by atoms with van der Waals surface area (Å²) < 4.78 is 17.4. The summed E-state index contributed by atoms with van der Waals surface area (Å²) >= 11 is 6.45. The molecule has 0 amide bonds. The van der Waals surface area contributed by atoms with Crippen molar-refractivity contribution in [3.63, 3.8) is 0 Å². The SMILES string of the molecule is COc1cc2c(Nc3c(Cl)ccc4ccoc34)ncnc2cc1OCN1CCN(C)CC1. The van der Waals surface area contributed by atoms with Crippen LogP contribution in [0.4, 0.5) is 11.5 Å². The summed E-state index contributed by atoms with van der Waals surface area (Å²) in [6, 6.07) is 9.40. The molecule has 1 fully saturated rings. The van der Waals surface area contributed by atoms with Gasteiger partial charge in [0, 0.05) is 43.0 Å². The van der Waals surface area contributed by atoms with Crippen molar-refractivity contribution in [3.8, 4) is 11.5 Å². The van der Waals surface area contributed by atoms with Crippen LogP contribution in [0.2, 0.25) is 5.02 Å². The molecule has 0 atom stereocenters. The van der Waals surface area contributed by atoms with Crippen LogP contribution < -0.4 is 14.8 Å². The zero-order chi connectivity index (χ0) is 22.1. The summed E-state index contributed by atoms with van der Waals surface area (Å²) in [4.78, 5) is 13.5. The first-order chi connectivity index (χ1) is 15.6. The van der Waals surface area contributed by atoms with Gasteiger partial charge in [-0.15, -0.1) is 0 Å². The van der Waals surface area contributed by atoms with Crippen LogP contribution in [-0.2, 0) is 0 Å². The first kappa shape index (κ1) is 20.8. The van der Waals surface area contributed by atoms with Crippen molar-refractivity contribution in [2.75, 3.05) is 52.4 Å². The van der Waals surface area contributed by atoms with Crippen LogP contribution in [0.25, 0.3) is 21.9 Å². The summed E-state index contributed by atoms with van der Waals surface area (Å²) in [5.41, 5.74) is 2.06. The summed E-state index contributed by atoms with van der Waals surface area (Å²) in [5, 5.41) is 5.60. The maximum atomic E-state index is 6.45. The molecule has 0 spiro atoms. The molecule has 2 aromatic carbocycles. The zero-order valence-corrected chi connectivity index (χ0v) is 18.7. The first-order valence-electron chi connectivity index (χ1n) is 10.4. The van der Waals surface area contributed by atoms with Crippen molar-refractivity contribution in [2.24, 2.45) is 0 Å². The lowest BCUT2D eigenvalue weighted by molar-refractivity contribution is 0.0747. The Labute approximate surface area is 190 Å². The Bertz CT molecular complexity index is 1250. The average molecular weight is 454 g/mol. The maximum absolute atomic E-state index is 6.45. The first-order valence-corrected chi connectivity index (χ1v) is 10.8. The van der Waals surface area contributed by atoms with Gasteiger partial charge in [-0.25, -0.2) is 9.97 Å². The summed E-state index contributed by atoms with van der Waals surface area (Å²) in [6.45, 7) is 4.52. The van der Waals surface area contributed by atoms with Crippen molar-refractivity contribution in [3.05, 3.63) is 47.9 Å². The van der Waals surface area contributed by atoms with Crippen molar-refractivity contribution < 1.29 is 13.9 Å². The van der Waals surface area contributed by atoms with Gasteiger partial charge in [0.2, 0.25) is 0 Å². The molecule has 1 aliphatic heterocycles. The number of hydrogen-bond acceptors (Lipinski definition) is 8. The molecule has 1 saturated heterocycles. The van der Waals surface area contributed by atoms with E-state index >= 15 is 0 Å². The number of methoxy groups -OCH3 is 1. The molecule has 5 rings (SSSR count). The highest BCUT2D eigenvalue weighted by molar-refractivity contribution is 6.35. The van der Waals surface area contributed by atoms with Crippen LogP contribution in [0.5, 0.6) is 11.5 Å². The van der Waals surface area contributed by atoms with E-state index in [4.69, 9.17) is 25.5 Å². The normalized spacial score (nSPS) is 15.3. The molecule has 8 nitrogen and oxygen atoms in total. The molecule has 9 heteroatoms. The van der Waals surface area contributed by atoms with Gasteiger partial charge in [-0.1, -0.05) is 11.6 Å². The number of fused-ring (bicyclic) bond motifs is 2. The minimum Gasteiger partial charge on any atom is -0.493 e. The third-order valence-electron chi connectivity index (χ3n) is 5.73. The van der Waals surface area contributed by atoms with Gasteiger partial charge >= 0.3 is 0 Å². The molecular weight excluding hydrogens is 430 g/mol. The Balaban J connectivity index is 1.45. The Morgan fingerprint density at radius 1 is 1.09 bits per heavy atom. The third kappa shape index (κ3) is 4.04. The van der Waals surface area contributed by atoms with E-state index < -0.39 is 0 Å². The number of rotatable bonds is 6. The Kier molecular flexibility index (Phi) is 5.73. The number of aromatic nitrogens is 2. The molecule has 166 valence electrons. The van der Waals surface area contributed by atoms with Gasteiger partial charge in [0.05, 0.1) is 23.9 Å². The van der Waals surface area contributed by atoms with Gasteiger partial charge in [0.15, 0.2) is 17.1 Å². The third-order valence-corrected chi connectivity index (χ3v) is 6.05. The molecule has 32 heavy (non-hydrogen) atoms. The fraction of sp³-hybridized carbons (Fsp3) is 0.304. The molecule has 0 bridgehead atoms. The number of nitrogens with zero attached hydrogens (tertiary/aromatic N) is 4. The quantitative estimate of drug-likeness (QED) is 0.461. The molecular formula is C23H24ClN5O3. The highest BCUT2D eigenvalue weighted by atomic mass is 35.5. The smallest absolute Gasteiger partial charge is 0.165 e. The Morgan fingerprint density at radius 3 is 2.75 bits per heavy atom. The topological polar surface area (TPSA) is 75.9 Å². The molecule has 1 aliphatic rings. The van der Waals surface area contributed by atoms with Gasteiger partial charge in [-0.2, -0.15) is 0 Å². The minimum atomic E-state index is 0.502. The van der Waals surface area contributed by atoms with E-state index in [0.717, 1.165) is 42.5 Å². The lowest BCUT2D eigenvalue weighted by atomic mass is 10.2. The van der Waals surface area contributed by atoms with Gasteiger partial charge in [0.1, 0.15) is 24.6 Å². The van der Waals surface area contributed by atoms with Crippen LogP contribution in [0.1, 0.15) is 0 Å². The van der Waals surface area contributed by atoms with E-state index in [2.05, 4.69) is 32.1 Å². The molecule has 3 heterocycles. The largest absolute Gasteiger partial charge is 0.493 e. The molecule has 0 unspecified atom stereocenters. The second-order valence-corrected chi connectivity index (χ2v) is 8.23. The number of nitrogens with one attached hydrogen (secondary N) is 1. The number of furan rings is 1. The van der Waals surface area contributed by atoms with E-state index in [0.29, 0.717) is 40.3 Å². The minimum absolute atomic E-state index is 0.502. The average Bonchev–Trinajstić information content (AvgIpc) is 3.29. The predicted octanol–water partition coefficient (Wildman–Crippen LogP) is 4.37. The van der Waals surface area contributed by atoms with Crippen molar-refractivity contribution in [1.82, 2.24) is 19.8 Å². The summed E-state index contributed by atoms with van der Waals surface area (Å²) in [6.07, 6.45) is 3.15. The molecule has 1 N–H and O–H groups in total. The Morgan fingerprint density at radius 2 is 1.94 bits per heavy atom. The number of halogens is 1. The van der Waals surface area contributed by atoms with Gasteiger partial charge in [-0.05, 0) is 31.3 Å². The number of ether oxygens (including phenoxy) is 2. The van der Waals surface area contributed by atoms with E-state index in [-0.39, 0.29) is 0 Å². The molecule has 0 radical (unpaired) electrons. The van der Waals surface area contributed by atoms with Crippen molar-refractivity contribution in [1.29, 1.82) is 0 Å². The van der Waals surface area contributed by atoms with Crippen molar-refractivity contribution >= 4 is 45.0 Å². The van der Waals surface area contributed by atoms with E-state index in [1.807, 2.05) is 30.3 Å². The number of hydrogen-bond donors (Lipinski definition) is 1. The van der Waals surface area contributed by atoms with Crippen LogP contribution in [0.15, 0.2) is 47.3 Å². The number of benzene rings is 2. The van der Waals surface area contributed by atoms with E-state index in [9.17, 15) is 0 Å². The van der Waals surface area contributed by atoms with Crippen LogP contribution in [0, 0.1) is 0 Å². The number of anilines is 2. The van der Waals surface area contributed by atoms with Crippen LogP contribution in [-0.4, -0.2) is 66.8 Å². The van der Waals surface area contributed by atoms with Gasteiger partial charge < -0.3 is 24.1 Å². The highest BCUT2D eigenvalue weighted by Crippen LogP contribution is 2.38. The lowest BCUT2D eigenvalue weighted by Gasteiger charge is -2.32. The molecule has 2 aromatic heterocycles. The monoisotopic (exact) mass is 453 g/mol. The number of piperazine rings is 1. The fourth-order valence-electron chi connectivity index (χ4n) is 3.82. The fourth-order valence-corrected chi connectivity index (χ4v) is 4.01. The standard InChI is InChI=1S/C23H24ClN5O3/c1-28-6-8-29(9-7-28)14-32-20-12-18-16(11-19(20)30-2)23(26-13-25-18)27-21-17(24)4-3-15-5-10-31-22(15)21/h3-5,10-13H,6-9,14H2,1-2H3,(H,25,26,27). The van der Waals surface area contributed by atoms with E-state index in [1.165, 1.54) is 6.33 Å². The molecule has 4 aromatic rings. The second kappa shape index (κ2) is 8.82. The predicted molar refractivity (Wildman–Crippen MR) is 125 cm³/mol. The maximum Gasteiger partial charge on any atom is 0.165 e. The number of likely N-dealkylation sites (N-methyl/N-ethyl adjacent to an activating group) is 1.